The molecule has 0 heterocycles. The van der Waals surface area contributed by atoms with Crippen molar-refractivity contribution in [2.75, 3.05) is 0 Å². The first-order valence-corrected chi connectivity index (χ1v) is 5.15. The zero-order chi connectivity index (χ0) is 12.3. The second-order valence-corrected chi connectivity index (χ2v) is 3.93. The van der Waals surface area contributed by atoms with Gasteiger partial charge in [0.25, 0.3) is 0 Å². The maximum Gasteiger partial charge on any atom is 0.302 e. The average molecular weight is 220 g/mol. The molecule has 0 saturated carbocycles. The Balaban J connectivity index is 3.17. The van der Waals surface area contributed by atoms with Gasteiger partial charge in [0.15, 0.2) is 6.29 Å². The summed E-state index contributed by atoms with van der Waals surface area (Å²) in [5.74, 6) is -0.313. The number of aldehydes is 1. The Morgan fingerprint density at radius 3 is 2.44 bits per heavy atom. The predicted molar refractivity (Wildman–Crippen MR) is 61.5 cm³/mol. The van der Waals surface area contributed by atoms with Crippen LogP contribution in [-0.2, 0) is 16.1 Å². The average Bonchev–Trinajstić information content (AvgIpc) is 2.16. The molecule has 0 aromatic heterocycles. The van der Waals surface area contributed by atoms with Crippen molar-refractivity contribution < 1.29 is 14.3 Å². The smallest absolute Gasteiger partial charge is 0.302 e. The molecule has 0 radical (unpaired) electrons. The van der Waals surface area contributed by atoms with E-state index in [4.69, 9.17) is 4.74 Å². The summed E-state index contributed by atoms with van der Waals surface area (Å²) in [5.41, 5.74) is 4.50. The third-order valence-corrected chi connectivity index (χ3v) is 2.73. The molecule has 16 heavy (non-hydrogen) atoms. The molecule has 0 spiro atoms. The van der Waals surface area contributed by atoms with E-state index in [1.807, 2.05) is 26.8 Å². The van der Waals surface area contributed by atoms with Crippen LogP contribution in [0, 0.1) is 20.8 Å². The first kappa shape index (κ1) is 12.4. The third kappa shape index (κ3) is 2.48. The van der Waals surface area contributed by atoms with Crippen LogP contribution in [0.5, 0.6) is 0 Å². The number of rotatable bonds is 3. The highest BCUT2D eigenvalue weighted by Crippen LogP contribution is 2.21. The van der Waals surface area contributed by atoms with Crippen molar-refractivity contribution >= 4 is 12.3 Å². The summed E-state index contributed by atoms with van der Waals surface area (Å²) in [7, 11) is 0. The monoisotopic (exact) mass is 220 g/mol. The Hall–Kier alpha value is -1.64. The number of esters is 1. The number of carbonyl (C=O) groups excluding carboxylic acids is 2. The number of aryl methyl sites for hydroxylation is 2. The summed E-state index contributed by atoms with van der Waals surface area (Å²) in [4.78, 5) is 21.7. The quantitative estimate of drug-likeness (QED) is 0.580. The van der Waals surface area contributed by atoms with Crippen LogP contribution in [0.3, 0.4) is 0 Å². The maximum absolute atomic E-state index is 10.9. The molecular weight excluding hydrogens is 204 g/mol. The molecule has 0 amide bonds. The van der Waals surface area contributed by atoms with Crippen LogP contribution >= 0.6 is 0 Å². The van der Waals surface area contributed by atoms with Crippen molar-refractivity contribution in [3.63, 3.8) is 0 Å². The number of carbonyl (C=O) groups is 2. The van der Waals surface area contributed by atoms with Gasteiger partial charge in [0.1, 0.15) is 6.61 Å². The number of benzene rings is 1. The highest BCUT2D eigenvalue weighted by molar-refractivity contribution is 5.80. The molecule has 86 valence electrons. The fraction of sp³-hybridized carbons (Fsp3) is 0.385. The van der Waals surface area contributed by atoms with E-state index >= 15 is 0 Å². The van der Waals surface area contributed by atoms with Gasteiger partial charge in [-0.15, -0.1) is 0 Å². The molecule has 0 fully saturated rings. The van der Waals surface area contributed by atoms with Gasteiger partial charge in [-0.1, -0.05) is 6.07 Å². The summed E-state index contributed by atoms with van der Waals surface area (Å²) >= 11 is 0. The van der Waals surface area contributed by atoms with Crippen LogP contribution in [0.2, 0.25) is 0 Å². The lowest BCUT2D eigenvalue weighted by atomic mass is 9.94. The second kappa shape index (κ2) is 4.92. The van der Waals surface area contributed by atoms with Crippen molar-refractivity contribution in [3.05, 3.63) is 33.9 Å². The molecule has 3 nitrogen and oxygen atoms in total. The lowest BCUT2D eigenvalue weighted by Crippen LogP contribution is -2.05. The van der Waals surface area contributed by atoms with Crippen molar-refractivity contribution in [1.29, 1.82) is 0 Å². The Labute approximate surface area is 95.4 Å². The fourth-order valence-corrected chi connectivity index (χ4v) is 1.82. The van der Waals surface area contributed by atoms with Gasteiger partial charge in [-0.3, -0.25) is 9.59 Å². The highest BCUT2D eigenvalue weighted by Gasteiger charge is 2.11. The van der Waals surface area contributed by atoms with Crippen molar-refractivity contribution in [1.82, 2.24) is 0 Å². The van der Waals surface area contributed by atoms with E-state index < -0.39 is 0 Å². The van der Waals surface area contributed by atoms with E-state index in [9.17, 15) is 9.59 Å². The molecule has 0 saturated heterocycles. The molecular formula is C13H16O3. The van der Waals surface area contributed by atoms with Crippen LogP contribution in [0.1, 0.15) is 39.5 Å². The summed E-state index contributed by atoms with van der Waals surface area (Å²) in [6.07, 6.45) is 0.849. The van der Waals surface area contributed by atoms with Gasteiger partial charge >= 0.3 is 5.97 Å². The van der Waals surface area contributed by atoms with Crippen LogP contribution < -0.4 is 0 Å². The van der Waals surface area contributed by atoms with Gasteiger partial charge in [0.2, 0.25) is 0 Å². The Kier molecular flexibility index (Phi) is 3.82. The van der Waals surface area contributed by atoms with Crippen molar-refractivity contribution in [2.24, 2.45) is 0 Å². The standard InChI is InChI=1S/C13H16O3/c1-8-5-9(2)13(7-16-11(4)15)10(3)12(8)6-14/h5-6H,7H2,1-4H3. The van der Waals surface area contributed by atoms with E-state index in [0.717, 1.165) is 28.5 Å². The predicted octanol–water partition coefficient (Wildman–Crippen LogP) is 2.49. The zero-order valence-electron chi connectivity index (χ0n) is 10.1. The molecule has 0 N–H and O–H groups in total. The van der Waals surface area contributed by atoms with Gasteiger partial charge in [-0.2, -0.15) is 0 Å². The topological polar surface area (TPSA) is 43.4 Å². The molecule has 0 bridgehead atoms. The Morgan fingerprint density at radius 2 is 1.94 bits per heavy atom. The SMILES string of the molecule is CC(=O)OCc1c(C)cc(C)c(C=O)c1C. The van der Waals surface area contributed by atoms with E-state index in [0.29, 0.717) is 5.56 Å². The highest BCUT2D eigenvalue weighted by atomic mass is 16.5. The van der Waals surface area contributed by atoms with Gasteiger partial charge in [0, 0.05) is 12.5 Å². The minimum atomic E-state index is -0.313. The van der Waals surface area contributed by atoms with Gasteiger partial charge < -0.3 is 4.74 Å². The third-order valence-electron chi connectivity index (χ3n) is 2.73. The first-order valence-electron chi connectivity index (χ1n) is 5.15. The van der Waals surface area contributed by atoms with E-state index in [-0.39, 0.29) is 12.6 Å². The van der Waals surface area contributed by atoms with E-state index in [1.165, 1.54) is 6.92 Å². The molecule has 0 atom stereocenters. The molecule has 1 aromatic rings. The number of hydrogen-bond donors (Lipinski definition) is 0. The van der Waals surface area contributed by atoms with Crippen LogP contribution in [-0.4, -0.2) is 12.3 Å². The molecule has 0 unspecified atom stereocenters. The Morgan fingerprint density at radius 1 is 1.31 bits per heavy atom. The Bertz CT molecular complexity index is 433. The fourth-order valence-electron chi connectivity index (χ4n) is 1.82. The number of hydrogen-bond acceptors (Lipinski definition) is 3. The summed E-state index contributed by atoms with van der Waals surface area (Å²) in [6, 6.07) is 1.94. The van der Waals surface area contributed by atoms with Crippen molar-refractivity contribution in [2.45, 2.75) is 34.3 Å². The molecule has 0 aliphatic carbocycles. The van der Waals surface area contributed by atoms with Gasteiger partial charge in [0.05, 0.1) is 0 Å². The minimum Gasteiger partial charge on any atom is -0.461 e. The van der Waals surface area contributed by atoms with Crippen LogP contribution in [0.4, 0.5) is 0 Å². The number of ether oxygens (including phenoxy) is 1. The molecule has 3 heteroatoms. The largest absolute Gasteiger partial charge is 0.461 e. The van der Waals surface area contributed by atoms with Gasteiger partial charge in [-0.05, 0) is 43.0 Å². The van der Waals surface area contributed by atoms with E-state index in [1.54, 1.807) is 0 Å². The molecule has 1 rings (SSSR count). The minimum absolute atomic E-state index is 0.230. The van der Waals surface area contributed by atoms with Gasteiger partial charge in [-0.25, -0.2) is 0 Å². The second-order valence-electron chi connectivity index (χ2n) is 3.93. The normalized spacial score (nSPS) is 10.0. The summed E-state index contributed by atoms with van der Waals surface area (Å²) < 4.78 is 4.97. The van der Waals surface area contributed by atoms with Crippen LogP contribution in [0.15, 0.2) is 6.07 Å². The molecule has 0 aliphatic rings. The van der Waals surface area contributed by atoms with Crippen molar-refractivity contribution in [3.8, 4) is 0 Å². The lowest BCUT2D eigenvalue weighted by Gasteiger charge is -2.13. The molecule has 0 aliphatic heterocycles. The summed E-state index contributed by atoms with van der Waals surface area (Å²) in [6.45, 7) is 7.34. The zero-order valence-corrected chi connectivity index (χ0v) is 10.1. The van der Waals surface area contributed by atoms with Crippen LogP contribution in [0.25, 0.3) is 0 Å². The first-order chi connectivity index (χ1) is 7.47. The maximum atomic E-state index is 10.9. The molecule has 1 aromatic carbocycles. The lowest BCUT2D eigenvalue weighted by molar-refractivity contribution is -0.142. The summed E-state index contributed by atoms with van der Waals surface area (Å²) in [5, 5.41) is 0. The van der Waals surface area contributed by atoms with E-state index in [2.05, 4.69) is 0 Å².